The van der Waals surface area contributed by atoms with Crippen LogP contribution in [0.1, 0.15) is 19.3 Å². The lowest BCUT2D eigenvalue weighted by Gasteiger charge is -2.45. The van der Waals surface area contributed by atoms with E-state index < -0.39 is 24.6 Å². The van der Waals surface area contributed by atoms with Gasteiger partial charge < -0.3 is 10.3 Å². The number of alkyl halides is 3. The van der Waals surface area contributed by atoms with Crippen LogP contribution in [0.5, 0.6) is 0 Å². The first-order valence-corrected chi connectivity index (χ1v) is 8.38. The molecular weight excluding hydrogens is 349 g/mol. The van der Waals surface area contributed by atoms with Crippen molar-refractivity contribution >= 4 is 22.8 Å². The van der Waals surface area contributed by atoms with Gasteiger partial charge in [0.2, 0.25) is 5.91 Å². The lowest BCUT2D eigenvalue weighted by atomic mass is 9.87. The molecule has 26 heavy (non-hydrogen) atoms. The Morgan fingerprint density at radius 3 is 2.92 bits per heavy atom. The maximum absolute atomic E-state index is 13.2. The van der Waals surface area contributed by atoms with E-state index in [1.165, 1.54) is 13.4 Å². The fraction of sp³-hybridized carbons (Fsp3) is 0.562. The Morgan fingerprint density at radius 2 is 2.23 bits per heavy atom. The van der Waals surface area contributed by atoms with Crippen LogP contribution >= 0.6 is 0 Å². The molecule has 2 N–H and O–H groups in total. The van der Waals surface area contributed by atoms with Gasteiger partial charge in [-0.05, 0) is 18.9 Å². The molecule has 1 amide bonds. The number of halogens is 3. The van der Waals surface area contributed by atoms with E-state index in [9.17, 15) is 18.0 Å². The number of hydrogen-bond acceptors (Lipinski definition) is 5. The number of piperidine rings is 1. The molecule has 7 nitrogen and oxygen atoms in total. The molecule has 2 unspecified atom stereocenters. The van der Waals surface area contributed by atoms with E-state index in [4.69, 9.17) is 0 Å². The van der Waals surface area contributed by atoms with E-state index in [0.717, 1.165) is 0 Å². The predicted molar refractivity (Wildman–Crippen MR) is 90.2 cm³/mol. The lowest BCUT2D eigenvalue weighted by molar-refractivity contribution is -0.159. The molecule has 2 aromatic heterocycles. The molecule has 3 rings (SSSR count). The van der Waals surface area contributed by atoms with Crippen LogP contribution in [0.15, 0.2) is 18.6 Å². The van der Waals surface area contributed by atoms with Crippen LogP contribution < -0.4 is 10.3 Å². The number of anilines is 1. The summed E-state index contributed by atoms with van der Waals surface area (Å²) < 4.78 is 39.6. The number of hydrazine groups is 1. The van der Waals surface area contributed by atoms with Crippen LogP contribution in [0.2, 0.25) is 0 Å². The molecular formula is C16H21F3N6O. The van der Waals surface area contributed by atoms with Crippen molar-refractivity contribution in [3.8, 4) is 0 Å². The van der Waals surface area contributed by atoms with Gasteiger partial charge >= 0.3 is 6.18 Å². The molecule has 1 aliphatic heterocycles. The van der Waals surface area contributed by atoms with Gasteiger partial charge in [-0.25, -0.2) is 15.0 Å². The van der Waals surface area contributed by atoms with E-state index in [0.29, 0.717) is 36.2 Å². The summed E-state index contributed by atoms with van der Waals surface area (Å²) in [6.07, 6.45) is -1.32. The fourth-order valence-electron chi connectivity index (χ4n) is 3.63. The Hall–Kier alpha value is -2.36. The Labute approximate surface area is 148 Å². The van der Waals surface area contributed by atoms with Gasteiger partial charge in [-0.1, -0.05) is 0 Å². The van der Waals surface area contributed by atoms with Gasteiger partial charge in [0.05, 0.1) is 17.7 Å². The summed E-state index contributed by atoms with van der Waals surface area (Å²) in [5, 5.41) is 6.42. The molecule has 142 valence electrons. The number of aromatic nitrogens is 3. The van der Waals surface area contributed by atoms with E-state index in [-0.39, 0.29) is 5.91 Å². The number of amides is 1. The Kier molecular flexibility index (Phi) is 5.03. The molecule has 0 radical (unpaired) electrons. The van der Waals surface area contributed by atoms with E-state index >= 15 is 0 Å². The third kappa shape index (κ3) is 3.59. The third-order valence-corrected chi connectivity index (χ3v) is 4.80. The Morgan fingerprint density at radius 1 is 1.46 bits per heavy atom. The van der Waals surface area contributed by atoms with Crippen molar-refractivity contribution in [2.75, 3.05) is 25.6 Å². The summed E-state index contributed by atoms with van der Waals surface area (Å²) in [4.78, 5) is 23.5. The smallest absolute Gasteiger partial charge is 0.359 e. The molecule has 0 aliphatic carbocycles. The highest BCUT2D eigenvalue weighted by molar-refractivity contribution is 5.87. The van der Waals surface area contributed by atoms with Crippen LogP contribution in [0, 0.1) is 5.92 Å². The zero-order valence-corrected chi connectivity index (χ0v) is 14.5. The number of fused-ring (bicyclic) bond motifs is 1. The van der Waals surface area contributed by atoms with Crippen molar-refractivity contribution in [3.63, 3.8) is 0 Å². The highest BCUT2D eigenvalue weighted by atomic mass is 19.4. The van der Waals surface area contributed by atoms with Gasteiger partial charge in [-0.3, -0.25) is 9.80 Å². The van der Waals surface area contributed by atoms with Crippen molar-refractivity contribution in [1.82, 2.24) is 25.3 Å². The normalized spacial score (nSPS) is 21.7. The number of carbonyl (C=O) groups excluding carboxylic acids is 1. The second kappa shape index (κ2) is 7.10. The SMILES string of the molecule is CNC(=O)C1CCCN(N(C)c2ncnc3[nH]ccc23)C1CC(F)(F)F. The number of nitrogens with zero attached hydrogens (tertiary/aromatic N) is 4. The molecule has 0 spiro atoms. The molecule has 1 aliphatic rings. The summed E-state index contributed by atoms with van der Waals surface area (Å²) in [6, 6.07) is 0.790. The minimum Gasteiger partial charge on any atom is -0.359 e. The molecule has 1 saturated heterocycles. The molecule has 2 atom stereocenters. The summed E-state index contributed by atoms with van der Waals surface area (Å²) >= 11 is 0. The number of H-pyrrole nitrogens is 1. The van der Waals surface area contributed by atoms with Crippen LogP contribution in [-0.2, 0) is 4.79 Å². The fourth-order valence-corrected chi connectivity index (χ4v) is 3.63. The van der Waals surface area contributed by atoms with Crippen molar-refractivity contribution in [1.29, 1.82) is 0 Å². The average molecular weight is 370 g/mol. The second-order valence-corrected chi connectivity index (χ2v) is 6.37. The first kappa shape index (κ1) is 18.4. The van der Waals surface area contributed by atoms with Crippen LogP contribution in [-0.4, -0.2) is 58.7 Å². The minimum atomic E-state index is -4.37. The maximum Gasteiger partial charge on any atom is 0.390 e. The van der Waals surface area contributed by atoms with Gasteiger partial charge in [0, 0.05) is 32.9 Å². The zero-order chi connectivity index (χ0) is 18.9. The van der Waals surface area contributed by atoms with E-state index in [2.05, 4.69) is 20.3 Å². The molecule has 10 heteroatoms. The first-order chi connectivity index (χ1) is 12.3. The number of rotatable bonds is 4. The van der Waals surface area contributed by atoms with Crippen molar-refractivity contribution in [3.05, 3.63) is 18.6 Å². The van der Waals surface area contributed by atoms with Crippen LogP contribution in [0.3, 0.4) is 0 Å². The summed E-state index contributed by atoms with van der Waals surface area (Å²) in [7, 11) is 3.12. The van der Waals surface area contributed by atoms with Gasteiger partial charge in [0.1, 0.15) is 12.0 Å². The quantitative estimate of drug-likeness (QED) is 0.862. The average Bonchev–Trinajstić information content (AvgIpc) is 3.08. The van der Waals surface area contributed by atoms with Gasteiger partial charge in [-0.2, -0.15) is 13.2 Å². The van der Waals surface area contributed by atoms with Gasteiger partial charge in [0.25, 0.3) is 0 Å². The molecule has 0 saturated carbocycles. The first-order valence-electron chi connectivity index (χ1n) is 8.38. The molecule has 0 bridgehead atoms. The maximum atomic E-state index is 13.2. The highest BCUT2D eigenvalue weighted by Crippen LogP contribution is 2.35. The standard InChI is InChI=1S/C16H21F3N6O/c1-20-15(26)10-4-3-7-25(12(10)8-16(17,18)19)24(2)14-11-5-6-21-13(11)22-9-23-14/h5-6,9-10,12H,3-4,7-8H2,1-2H3,(H,20,26)(H,21,22,23). The topological polar surface area (TPSA) is 77.2 Å². The van der Waals surface area contributed by atoms with Gasteiger partial charge in [-0.15, -0.1) is 0 Å². The van der Waals surface area contributed by atoms with E-state index in [1.54, 1.807) is 29.3 Å². The minimum absolute atomic E-state index is 0.369. The third-order valence-electron chi connectivity index (χ3n) is 4.80. The summed E-state index contributed by atoms with van der Waals surface area (Å²) in [5.74, 6) is -0.603. The number of aromatic amines is 1. The molecule has 2 aromatic rings. The number of hydrogen-bond donors (Lipinski definition) is 2. The summed E-state index contributed by atoms with van der Waals surface area (Å²) in [6.45, 7) is 0.417. The molecule has 3 heterocycles. The van der Waals surface area contributed by atoms with Crippen molar-refractivity contribution in [2.45, 2.75) is 31.5 Å². The predicted octanol–water partition coefficient (Wildman–Crippen LogP) is 2.09. The van der Waals surface area contributed by atoms with Crippen LogP contribution in [0.25, 0.3) is 11.0 Å². The Bertz CT molecular complexity index is 777. The summed E-state index contributed by atoms with van der Waals surface area (Å²) in [5.41, 5.74) is 0.606. The molecule has 0 aromatic carbocycles. The monoisotopic (exact) mass is 370 g/mol. The van der Waals surface area contributed by atoms with Gasteiger partial charge in [0.15, 0.2) is 5.82 Å². The van der Waals surface area contributed by atoms with Crippen molar-refractivity contribution in [2.24, 2.45) is 5.92 Å². The largest absolute Gasteiger partial charge is 0.390 e. The molecule has 1 fully saturated rings. The van der Waals surface area contributed by atoms with Crippen LogP contribution in [0.4, 0.5) is 19.0 Å². The lowest BCUT2D eigenvalue weighted by Crippen LogP contribution is -2.57. The zero-order valence-electron chi connectivity index (χ0n) is 14.5. The van der Waals surface area contributed by atoms with E-state index in [1.807, 2.05) is 0 Å². The Balaban J connectivity index is 1.96. The highest BCUT2D eigenvalue weighted by Gasteiger charge is 2.44. The number of carbonyl (C=O) groups is 1. The second-order valence-electron chi connectivity index (χ2n) is 6.37. The van der Waals surface area contributed by atoms with Crippen molar-refractivity contribution < 1.29 is 18.0 Å². The number of nitrogens with one attached hydrogen (secondary N) is 2.